The number of likely N-dealkylation sites (tertiary alicyclic amines) is 1. The molecular weight excluding hydrogens is 314 g/mol. The first kappa shape index (κ1) is 17.4. The van der Waals surface area contributed by atoms with Crippen molar-refractivity contribution >= 4 is 5.91 Å². The van der Waals surface area contributed by atoms with Gasteiger partial charge in [-0.05, 0) is 36.9 Å². The highest BCUT2D eigenvalue weighted by Crippen LogP contribution is 2.26. The molecule has 0 bridgehead atoms. The molecule has 0 saturated carbocycles. The zero-order valence-corrected chi connectivity index (χ0v) is 14.4. The molecule has 0 aliphatic carbocycles. The second-order valence-electron chi connectivity index (χ2n) is 6.57. The summed E-state index contributed by atoms with van der Waals surface area (Å²) in [6.45, 7) is 3.66. The minimum Gasteiger partial charge on any atom is -0.353 e. The molecule has 5 heteroatoms. The topological polar surface area (TPSA) is 54.3 Å². The molecule has 25 heavy (non-hydrogen) atoms. The van der Waals surface area contributed by atoms with Gasteiger partial charge in [0, 0.05) is 31.9 Å². The molecule has 1 N–H and O–H groups in total. The Kier molecular flexibility index (Phi) is 6.01. The summed E-state index contributed by atoms with van der Waals surface area (Å²) in [5.74, 6) is 0.457. The van der Waals surface area contributed by atoms with Crippen molar-refractivity contribution in [3.63, 3.8) is 0 Å². The quantitative estimate of drug-likeness (QED) is 0.874. The molecule has 1 saturated heterocycles. The molecule has 1 aliphatic heterocycles. The fourth-order valence-electron chi connectivity index (χ4n) is 3.41. The van der Waals surface area contributed by atoms with E-state index in [4.69, 9.17) is 0 Å². The van der Waals surface area contributed by atoms with Crippen LogP contribution in [-0.2, 0) is 11.3 Å². The lowest BCUT2D eigenvalue weighted by molar-refractivity contribution is -0.121. The van der Waals surface area contributed by atoms with Crippen LogP contribution in [0.15, 0.2) is 59.5 Å². The molecule has 2 aromatic rings. The highest BCUT2D eigenvalue weighted by Gasteiger charge is 2.20. The van der Waals surface area contributed by atoms with E-state index < -0.39 is 0 Å². The summed E-state index contributed by atoms with van der Waals surface area (Å²) >= 11 is 0. The number of rotatable bonds is 6. The van der Waals surface area contributed by atoms with E-state index in [0.29, 0.717) is 12.5 Å². The van der Waals surface area contributed by atoms with Gasteiger partial charge in [-0.1, -0.05) is 36.4 Å². The smallest absolute Gasteiger partial charge is 0.250 e. The van der Waals surface area contributed by atoms with E-state index in [1.807, 2.05) is 0 Å². The number of carbonyl (C=O) groups is 1. The van der Waals surface area contributed by atoms with Crippen LogP contribution >= 0.6 is 0 Å². The Morgan fingerprint density at radius 2 is 1.92 bits per heavy atom. The molecular formula is C20H25N3O2. The fraction of sp³-hybridized carbons (Fsp3) is 0.400. The van der Waals surface area contributed by atoms with Crippen LogP contribution < -0.4 is 10.9 Å². The number of amides is 1. The minimum absolute atomic E-state index is 0.0757. The van der Waals surface area contributed by atoms with Crippen LogP contribution in [0.1, 0.15) is 24.3 Å². The first-order chi connectivity index (χ1) is 12.2. The molecule has 1 atom stereocenters. The van der Waals surface area contributed by atoms with Gasteiger partial charge in [-0.25, -0.2) is 0 Å². The maximum absolute atomic E-state index is 12.0. The monoisotopic (exact) mass is 339 g/mol. The zero-order chi connectivity index (χ0) is 17.5. The summed E-state index contributed by atoms with van der Waals surface area (Å²) in [6, 6.07) is 15.5. The molecule has 132 valence electrons. The van der Waals surface area contributed by atoms with Gasteiger partial charge in [0.25, 0.3) is 5.56 Å². The van der Waals surface area contributed by atoms with Gasteiger partial charge < -0.3 is 14.8 Å². The first-order valence-electron chi connectivity index (χ1n) is 8.92. The van der Waals surface area contributed by atoms with E-state index in [1.54, 1.807) is 18.3 Å². The van der Waals surface area contributed by atoms with E-state index in [1.165, 1.54) is 29.0 Å². The summed E-state index contributed by atoms with van der Waals surface area (Å²) in [6.07, 6.45) is 4.05. The summed E-state index contributed by atoms with van der Waals surface area (Å²) in [5, 5.41) is 2.92. The Hall–Kier alpha value is -2.40. The number of hydrogen-bond acceptors (Lipinski definition) is 3. The van der Waals surface area contributed by atoms with Crippen LogP contribution in [0, 0.1) is 0 Å². The first-order valence-corrected chi connectivity index (χ1v) is 8.92. The van der Waals surface area contributed by atoms with Crippen molar-refractivity contribution in [3.05, 3.63) is 70.6 Å². The second kappa shape index (κ2) is 8.62. The van der Waals surface area contributed by atoms with Crippen LogP contribution in [-0.4, -0.2) is 41.6 Å². The predicted octanol–water partition coefficient (Wildman–Crippen LogP) is 1.84. The third-order valence-electron chi connectivity index (χ3n) is 4.74. The number of carbonyl (C=O) groups excluding carboxylic acids is 1. The Morgan fingerprint density at radius 1 is 1.12 bits per heavy atom. The third-order valence-corrected chi connectivity index (χ3v) is 4.74. The van der Waals surface area contributed by atoms with Gasteiger partial charge in [0.2, 0.25) is 5.91 Å². The Balaban J connectivity index is 1.43. The van der Waals surface area contributed by atoms with E-state index in [9.17, 15) is 9.59 Å². The molecule has 5 nitrogen and oxygen atoms in total. The summed E-state index contributed by atoms with van der Waals surface area (Å²) in [5.41, 5.74) is 1.25. The standard InChI is InChI=1S/C20H25N3O2/c24-19(16-23-13-5-4-10-20(23)25)21-11-14-22-12-6-9-18(15-22)17-7-2-1-3-8-17/h1-5,7-8,10,13,18H,6,9,11-12,14-16H2,(H,21,24)/t18-/m1/s1. The molecule has 1 amide bonds. The van der Waals surface area contributed by atoms with Crippen molar-refractivity contribution in [2.24, 2.45) is 0 Å². The van der Waals surface area contributed by atoms with Gasteiger partial charge in [0.05, 0.1) is 0 Å². The molecule has 1 aromatic heterocycles. The lowest BCUT2D eigenvalue weighted by Crippen LogP contribution is -2.41. The van der Waals surface area contributed by atoms with Crippen molar-refractivity contribution in [2.45, 2.75) is 25.3 Å². The van der Waals surface area contributed by atoms with Gasteiger partial charge >= 0.3 is 0 Å². The van der Waals surface area contributed by atoms with Crippen molar-refractivity contribution < 1.29 is 4.79 Å². The highest BCUT2D eigenvalue weighted by atomic mass is 16.2. The van der Waals surface area contributed by atoms with E-state index >= 15 is 0 Å². The average Bonchev–Trinajstić information content (AvgIpc) is 2.65. The molecule has 2 heterocycles. The Bertz CT molecular complexity index is 742. The number of piperidine rings is 1. The largest absolute Gasteiger partial charge is 0.353 e. The van der Waals surface area contributed by atoms with Crippen LogP contribution in [0.25, 0.3) is 0 Å². The number of nitrogens with one attached hydrogen (secondary N) is 1. The van der Waals surface area contributed by atoms with E-state index in [-0.39, 0.29) is 18.0 Å². The molecule has 1 aliphatic rings. The van der Waals surface area contributed by atoms with E-state index in [2.05, 4.69) is 40.5 Å². The lowest BCUT2D eigenvalue weighted by Gasteiger charge is -2.33. The van der Waals surface area contributed by atoms with Gasteiger partial charge in [0.1, 0.15) is 6.54 Å². The maximum Gasteiger partial charge on any atom is 0.250 e. The SMILES string of the molecule is O=C(Cn1ccccc1=O)NCCN1CCC[C@@H](c2ccccc2)C1. The minimum atomic E-state index is -0.153. The zero-order valence-electron chi connectivity index (χ0n) is 14.4. The lowest BCUT2D eigenvalue weighted by atomic mass is 9.91. The Labute approximate surface area is 148 Å². The average molecular weight is 339 g/mol. The van der Waals surface area contributed by atoms with Crippen LogP contribution in [0.3, 0.4) is 0 Å². The van der Waals surface area contributed by atoms with Gasteiger partial charge in [-0.15, -0.1) is 0 Å². The molecule has 1 aromatic carbocycles. The highest BCUT2D eigenvalue weighted by molar-refractivity contribution is 5.75. The Morgan fingerprint density at radius 3 is 2.72 bits per heavy atom. The van der Waals surface area contributed by atoms with Gasteiger partial charge in [-0.3, -0.25) is 9.59 Å². The summed E-state index contributed by atoms with van der Waals surface area (Å²) in [7, 11) is 0. The van der Waals surface area contributed by atoms with Gasteiger partial charge in [-0.2, -0.15) is 0 Å². The third kappa shape index (κ3) is 5.03. The molecule has 0 spiro atoms. The fourth-order valence-corrected chi connectivity index (χ4v) is 3.41. The number of nitrogens with zero attached hydrogens (tertiary/aromatic N) is 2. The second-order valence-corrected chi connectivity index (χ2v) is 6.57. The van der Waals surface area contributed by atoms with Crippen LogP contribution in [0.4, 0.5) is 0 Å². The molecule has 3 rings (SSSR count). The van der Waals surface area contributed by atoms with E-state index in [0.717, 1.165) is 19.6 Å². The van der Waals surface area contributed by atoms with Crippen LogP contribution in [0.2, 0.25) is 0 Å². The summed E-state index contributed by atoms with van der Waals surface area (Å²) in [4.78, 5) is 26.0. The normalized spacial score (nSPS) is 18.0. The van der Waals surface area contributed by atoms with Gasteiger partial charge in [0.15, 0.2) is 0 Å². The predicted molar refractivity (Wildman–Crippen MR) is 98.6 cm³/mol. The molecule has 1 fully saturated rings. The number of pyridine rings is 1. The van der Waals surface area contributed by atoms with Crippen molar-refractivity contribution in [2.75, 3.05) is 26.2 Å². The number of hydrogen-bond donors (Lipinski definition) is 1. The summed E-state index contributed by atoms with van der Waals surface area (Å²) < 4.78 is 1.42. The number of aromatic nitrogens is 1. The van der Waals surface area contributed by atoms with Crippen molar-refractivity contribution in [1.82, 2.24) is 14.8 Å². The maximum atomic E-state index is 12.0. The van der Waals surface area contributed by atoms with Crippen molar-refractivity contribution in [1.29, 1.82) is 0 Å². The van der Waals surface area contributed by atoms with Crippen molar-refractivity contribution in [3.8, 4) is 0 Å². The van der Waals surface area contributed by atoms with Crippen LogP contribution in [0.5, 0.6) is 0 Å². The molecule has 0 unspecified atom stereocenters. The number of benzene rings is 1. The molecule has 0 radical (unpaired) electrons.